The van der Waals surface area contributed by atoms with Crippen LogP contribution >= 0.6 is 23.2 Å². The van der Waals surface area contributed by atoms with Crippen molar-refractivity contribution in [2.45, 2.75) is 13.8 Å². The van der Waals surface area contributed by atoms with E-state index in [9.17, 15) is 4.79 Å². The number of pyridine rings is 1. The highest BCUT2D eigenvalue weighted by Crippen LogP contribution is 2.19. The number of hydroxylamine groups is 1. The van der Waals surface area contributed by atoms with Gasteiger partial charge in [0, 0.05) is 6.20 Å². The summed E-state index contributed by atoms with van der Waals surface area (Å²) in [7, 11) is 1.34. The highest BCUT2D eigenvalue weighted by atomic mass is 35.5. The Kier molecular flexibility index (Phi) is 7.03. The Morgan fingerprint density at radius 1 is 1.47 bits per heavy atom. The molecule has 1 aromatic rings. The van der Waals surface area contributed by atoms with Gasteiger partial charge in [0.15, 0.2) is 0 Å². The zero-order valence-corrected chi connectivity index (χ0v) is 10.2. The quantitative estimate of drug-likeness (QED) is 0.649. The highest BCUT2D eigenvalue weighted by Gasteiger charge is 2.07. The normalized spacial score (nSPS) is 8.87. The fourth-order valence-electron chi connectivity index (χ4n) is 0.697. The Morgan fingerprint density at radius 3 is 2.53 bits per heavy atom. The molecule has 1 aromatic heterocycles. The van der Waals surface area contributed by atoms with Crippen molar-refractivity contribution >= 4 is 29.1 Å². The van der Waals surface area contributed by atoms with E-state index in [0.717, 1.165) is 0 Å². The van der Waals surface area contributed by atoms with E-state index >= 15 is 0 Å². The number of hydrogen-bond acceptors (Lipinski definition) is 3. The second-order valence-corrected chi connectivity index (χ2v) is 2.90. The van der Waals surface area contributed by atoms with Gasteiger partial charge in [0.25, 0.3) is 5.91 Å². The Bertz CT molecular complexity index is 332. The summed E-state index contributed by atoms with van der Waals surface area (Å²) in [6.45, 7) is 4.00. The van der Waals surface area contributed by atoms with Crippen molar-refractivity contribution in [3.05, 3.63) is 28.0 Å². The van der Waals surface area contributed by atoms with Crippen LogP contribution in [0.1, 0.15) is 24.2 Å². The standard InChI is InChI=1S/C7H6Cl2N2O2.C2H6/c1-13-11-7(12)4-2-5(8)6(9)10-3-4;1-2/h2-3H,1H3,(H,11,12);1-2H3. The number of halogens is 2. The first-order valence-electron chi connectivity index (χ1n) is 4.29. The third-order valence-corrected chi connectivity index (χ3v) is 1.94. The highest BCUT2D eigenvalue weighted by molar-refractivity contribution is 6.41. The second kappa shape index (κ2) is 7.45. The maximum absolute atomic E-state index is 11.1. The molecule has 0 aliphatic carbocycles. The molecule has 0 saturated heterocycles. The van der Waals surface area contributed by atoms with Gasteiger partial charge in [0.1, 0.15) is 5.15 Å². The van der Waals surface area contributed by atoms with E-state index in [1.54, 1.807) is 0 Å². The lowest BCUT2D eigenvalue weighted by Crippen LogP contribution is -2.21. The van der Waals surface area contributed by atoms with Crippen molar-refractivity contribution in [1.29, 1.82) is 0 Å². The Balaban J connectivity index is 0.000000921. The fraction of sp³-hybridized carbons (Fsp3) is 0.333. The lowest BCUT2D eigenvalue weighted by Gasteiger charge is -2.01. The average molecular weight is 251 g/mol. The van der Waals surface area contributed by atoms with Crippen LogP contribution in [0.4, 0.5) is 0 Å². The van der Waals surface area contributed by atoms with Crippen molar-refractivity contribution < 1.29 is 9.63 Å². The van der Waals surface area contributed by atoms with Gasteiger partial charge in [0.2, 0.25) is 0 Å². The van der Waals surface area contributed by atoms with E-state index in [1.165, 1.54) is 19.4 Å². The van der Waals surface area contributed by atoms with Crippen LogP contribution in [0.5, 0.6) is 0 Å². The minimum atomic E-state index is -0.423. The van der Waals surface area contributed by atoms with Crippen molar-refractivity contribution in [3.8, 4) is 0 Å². The summed E-state index contributed by atoms with van der Waals surface area (Å²) in [4.78, 5) is 19.3. The molecule has 0 atom stereocenters. The topological polar surface area (TPSA) is 51.2 Å². The predicted molar refractivity (Wildman–Crippen MR) is 60.1 cm³/mol. The molecule has 1 amide bonds. The fourth-order valence-corrected chi connectivity index (χ4v) is 0.967. The molecule has 6 heteroatoms. The van der Waals surface area contributed by atoms with E-state index in [0.29, 0.717) is 0 Å². The van der Waals surface area contributed by atoms with Crippen LogP contribution in [-0.4, -0.2) is 18.0 Å². The molecule has 4 nitrogen and oxygen atoms in total. The van der Waals surface area contributed by atoms with Crippen LogP contribution < -0.4 is 5.48 Å². The minimum Gasteiger partial charge on any atom is -0.277 e. The van der Waals surface area contributed by atoms with Gasteiger partial charge >= 0.3 is 0 Å². The summed E-state index contributed by atoms with van der Waals surface area (Å²) in [6, 6.07) is 1.41. The number of rotatable bonds is 2. The molecule has 0 unspecified atom stereocenters. The Morgan fingerprint density at radius 2 is 2.07 bits per heavy atom. The molecular formula is C9H12Cl2N2O2. The molecule has 15 heavy (non-hydrogen) atoms. The molecular weight excluding hydrogens is 239 g/mol. The third kappa shape index (κ3) is 4.46. The zero-order chi connectivity index (χ0) is 11.8. The van der Waals surface area contributed by atoms with Crippen molar-refractivity contribution in [3.63, 3.8) is 0 Å². The minimum absolute atomic E-state index is 0.163. The molecule has 0 aliphatic rings. The molecule has 1 N–H and O–H groups in total. The molecule has 0 aromatic carbocycles. The van der Waals surface area contributed by atoms with Gasteiger partial charge in [-0.1, -0.05) is 37.0 Å². The molecule has 1 rings (SSSR count). The van der Waals surface area contributed by atoms with Gasteiger partial charge in [-0.3, -0.25) is 9.63 Å². The third-order valence-electron chi connectivity index (χ3n) is 1.25. The number of amides is 1. The SMILES string of the molecule is CC.CONC(=O)c1cnc(Cl)c(Cl)c1. The number of carbonyl (C=O) groups is 1. The van der Waals surface area contributed by atoms with E-state index in [4.69, 9.17) is 23.2 Å². The van der Waals surface area contributed by atoms with Crippen LogP contribution in [0.3, 0.4) is 0 Å². The Hall–Kier alpha value is -0.840. The molecule has 1 heterocycles. The molecule has 0 fully saturated rings. The number of nitrogens with zero attached hydrogens (tertiary/aromatic N) is 1. The van der Waals surface area contributed by atoms with Gasteiger partial charge in [-0.05, 0) is 6.07 Å². The number of aromatic nitrogens is 1. The summed E-state index contributed by atoms with van der Waals surface area (Å²) < 4.78 is 0. The van der Waals surface area contributed by atoms with Gasteiger partial charge in [0.05, 0.1) is 17.7 Å². The molecule has 84 valence electrons. The van der Waals surface area contributed by atoms with Crippen molar-refractivity contribution in [2.75, 3.05) is 7.11 Å². The molecule has 0 spiro atoms. The summed E-state index contributed by atoms with van der Waals surface area (Å²) in [5, 5.41) is 0.390. The van der Waals surface area contributed by atoms with Crippen LogP contribution in [-0.2, 0) is 4.84 Å². The van der Waals surface area contributed by atoms with Crippen LogP contribution in [0.2, 0.25) is 10.2 Å². The Labute approximate surface area is 98.5 Å². The van der Waals surface area contributed by atoms with Crippen LogP contribution in [0.15, 0.2) is 12.3 Å². The molecule has 0 bridgehead atoms. The summed E-state index contributed by atoms with van der Waals surface area (Å²) >= 11 is 11.2. The lowest BCUT2D eigenvalue weighted by atomic mass is 10.3. The van der Waals surface area contributed by atoms with Gasteiger partial charge in [-0.2, -0.15) is 0 Å². The largest absolute Gasteiger partial charge is 0.277 e. The number of hydrogen-bond donors (Lipinski definition) is 1. The first-order chi connectivity index (χ1) is 7.15. The maximum Gasteiger partial charge on any atom is 0.276 e. The maximum atomic E-state index is 11.1. The van der Waals surface area contributed by atoms with Gasteiger partial charge in [-0.25, -0.2) is 10.5 Å². The summed E-state index contributed by atoms with van der Waals surface area (Å²) in [6.07, 6.45) is 1.31. The van der Waals surface area contributed by atoms with Crippen LogP contribution in [0, 0.1) is 0 Å². The predicted octanol–water partition coefficient (Wildman–Crippen LogP) is 2.71. The van der Waals surface area contributed by atoms with Gasteiger partial charge < -0.3 is 0 Å². The average Bonchev–Trinajstić information content (AvgIpc) is 2.25. The smallest absolute Gasteiger partial charge is 0.276 e. The molecule has 0 aliphatic heterocycles. The lowest BCUT2D eigenvalue weighted by molar-refractivity contribution is 0.0537. The van der Waals surface area contributed by atoms with E-state index in [-0.39, 0.29) is 15.7 Å². The summed E-state index contributed by atoms with van der Waals surface area (Å²) in [5.41, 5.74) is 2.42. The number of carbonyl (C=O) groups excluding carboxylic acids is 1. The van der Waals surface area contributed by atoms with E-state index in [1.807, 2.05) is 13.8 Å². The first-order valence-corrected chi connectivity index (χ1v) is 5.05. The van der Waals surface area contributed by atoms with Gasteiger partial charge in [-0.15, -0.1) is 0 Å². The monoisotopic (exact) mass is 250 g/mol. The zero-order valence-electron chi connectivity index (χ0n) is 8.67. The van der Waals surface area contributed by atoms with Crippen LogP contribution in [0.25, 0.3) is 0 Å². The molecule has 0 saturated carbocycles. The van der Waals surface area contributed by atoms with Crippen molar-refractivity contribution in [1.82, 2.24) is 10.5 Å². The first kappa shape index (κ1) is 14.2. The number of nitrogens with one attached hydrogen (secondary N) is 1. The van der Waals surface area contributed by atoms with E-state index in [2.05, 4.69) is 15.3 Å². The summed E-state index contributed by atoms with van der Waals surface area (Å²) in [5.74, 6) is -0.423. The second-order valence-electron chi connectivity index (χ2n) is 2.13. The molecule has 0 radical (unpaired) electrons. The van der Waals surface area contributed by atoms with E-state index < -0.39 is 5.91 Å². The van der Waals surface area contributed by atoms with Crippen molar-refractivity contribution in [2.24, 2.45) is 0 Å².